The van der Waals surface area contributed by atoms with Crippen LogP contribution in [-0.2, 0) is 4.74 Å². The van der Waals surface area contributed by atoms with Gasteiger partial charge in [-0.1, -0.05) is 28.9 Å². The number of hydrogen-bond acceptors (Lipinski definition) is 2. The fraction of sp³-hybridized carbons (Fsp3) is 0.647. The molecule has 0 heterocycles. The van der Waals surface area contributed by atoms with Gasteiger partial charge in [0.25, 0.3) is 0 Å². The fourth-order valence-corrected chi connectivity index (χ4v) is 4.03. The summed E-state index contributed by atoms with van der Waals surface area (Å²) in [4.78, 5) is 0.404. The molecule has 0 amide bonds. The fourth-order valence-electron chi connectivity index (χ4n) is 2.71. The van der Waals surface area contributed by atoms with Gasteiger partial charge in [-0.25, -0.2) is 0 Å². The van der Waals surface area contributed by atoms with Crippen molar-refractivity contribution in [3.8, 4) is 5.75 Å². The van der Waals surface area contributed by atoms with Crippen LogP contribution in [0.15, 0.2) is 22.7 Å². The van der Waals surface area contributed by atoms with Gasteiger partial charge in [0.15, 0.2) is 0 Å². The smallest absolute Gasteiger partial charge is 0.133 e. The predicted octanol–water partition coefficient (Wildman–Crippen LogP) is 5.88. The summed E-state index contributed by atoms with van der Waals surface area (Å²) in [7, 11) is 0. The number of rotatable bonds is 8. The first-order valence-electron chi connectivity index (χ1n) is 7.81. The molecule has 0 N–H and O–H groups in total. The lowest BCUT2D eigenvalue weighted by Crippen LogP contribution is -2.31. The van der Waals surface area contributed by atoms with Gasteiger partial charge in [-0.2, -0.15) is 0 Å². The highest BCUT2D eigenvalue weighted by Gasteiger charge is 2.31. The lowest BCUT2D eigenvalue weighted by Gasteiger charge is -2.36. The molecule has 1 unspecified atom stereocenters. The van der Waals surface area contributed by atoms with Gasteiger partial charge in [0, 0.05) is 11.4 Å². The second-order valence-corrected chi connectivity index (χ2v) is 7.62. The molecule has 1 aliphatic carbocycles. The van der Waals surface area contributed by atoms with Crippen LogP contribution in [-0.4, -0.2) is 19.3 Å². The maximum absolute atomic E-state index is 5.70. The largest absolute Gasteiger partial charge is 0.492 e. The van der Waals surface area contributed by atoms with Crippen molar-refractivity contribution >= 4 is 31.9 Å². The van der Waals surface area contributed by atoms with E-state index >= 15 is 0 Å². The quantitative estimate of drug-likeness (QED) is 0.489. The van der Waals surface area contributed by atoms with E-state index in [9.17, 15) is 0 Å². The van der Waals surface area contributed by atoms with Gasteiger partial charge in [-0.05, 0) is 72.2 Å². The Labute approximate surface area is 144 Å². The van der Waals surface area contributed by atoms with Crippen molar-refractivity contribution in [2.75, 3.05) is 13.2 Å². The molecular formula is C17H24Br2O2. The summed E-state index contributed by atoms with van der Waals surface area (Å²) in [5, 5.41) is 0. The summed E-state index contributed by atoms with van der Waals surface area (Å²) in [6.07, 6.45) is 5.10. The van der Waals surface area contributed by atoms with Crippen molar-refractivity contribution in [2.24, 2.45) is 5.92 Å². The SMILES string of the molecule is CCCOc1ccc(C(Br)CC2CC(OCC)C2)cc1Br. The van der Waals surface area contributed by atoms with Gasteiger partial charge in [-0.3, -0.25) is 0 Å². The van der Waals surface area contributed by atoms with Gasteiger partial charge >= 0.3 is 0 Å². The molecule has 2 nitrogen and oxygen atoms in total. The maximum atomic E-state index is 5.70. The molecule has 1 aliphatic rings. The zero-order valence-electron chi connectivity index (χ0n) is 12.8. The summed E-state index contributed by atoms with van der Waals surface area (Å²) >= 11 is 7.44. The van der Waals surface area contributed by atoms with Gasteiger partial charge in [0.05, 0.1) is 17.2 Å². The molecule has 2 rings (SSSR count). The van der Waals surface area contributed by atoms with Gasteiger partial charge in [0.2, 0.25) is 0 Å². The highest BCUT2D eigenvalue weighted by atomic mass is 79.9. The molecule has 0 aliphatic heterocycles. The van der Waals surface area contributed by atoms with Crippen LogP contribution in [0.25, 0.3) is 0 Å². The minimum absolute atomic E-state index is 0.404. The van der Waals surface area contributed by atoms with Crippen LogP contribution in [0.3, 0.4) is 0 Å². The summed E-state index contributed by atoms with van der Waals surface area (Å²) in [5.41, 5.74) is 1.31. The van der Waals surface area contributed by atoms with Crippen molar-refractivity contribution in [3.63, 3.8) is 0 Å². The number of halogens is 2. The molecule has 0 radical (unpaired) electrons. The van der Waals surface area contributed by atoms with E-state index in [1.165, 1.54) is 24.8 Å². The van der Waals surface area contributed by atoms with Crippen molar-refractivity contribution in [3.05, 3.63) is 28.2 Å². The third-order valence-corrected chi connectivity index (χ3v) is 5.44. The van der Waals surface area contributed by atoms with E-state index in [1.807, 2.05) is 0 Å². The Morgan fingerprint density at radius 2 is 2.05 bits per heavy atom. The third kappa shape index (κ3) is 4.97. The Morgan fingerprint density at radius 3 is 2.67 bits per heavy atom. The maximum Gasteiger partial charge on any atom is 0.133 e. The number of alkyl halides is 1. The Hall–Kier alpha value is -0.0600. The molecule has 0 bridgehead atoms. The molecule has 1 aromatic rings. The van der Waals surface area contributed by atoms with Crippen molar-refractivity contribution in [1.29, 1.82) is 0 Å². The second-order valence-electron chi connectivity index (χ2n) is 5.66. The summed E-state index contributed by atoms with van der Waals surface area (Å²) < 4.78 is 12.4. The minimum Gasteiger partial charge on any atom is -0.492 e. The highest BCUT2D eigenvalue weighted by molar-refractivity contribution is 9.10. The number of benzene rings is 1. The third-order valence-electron chi connectivity index (χ3n) is 3.91. The Bertz CT molecular complexity index is 444. The van der Waals surface area contributed by atoms with Gasteiger partial charge in [-0.15, -0.1) is 0 Å². The van der Waals surface area contributed by atoms with Crippen molar-refractivity contribution < 1.29 is 9.47 Å². The van der Waals surface area contributed by atoms with Gasteiger partial charge < -0.3 is 9.47 Å². The molecule has 1 saturated carbocycles. The van der Waals surface area contributed by atoms with Crippen LogP contribution in [0.2, 0.25) is 0 Å². The highest BCUT2D eigenvalue weighted by Crippen LogP contribution is 2.41. The summed E-state index contributed by atoms with van der Waals surface area (Å²) in [6, 6.07) is 6.39. The van der Waals surface area contributed by atoms with E-state index in [1.54, 1.807) is 0 Å². The molecule has 1 atom stereocenters. The molecular weight excluding hydrogens is 396 g/mol. The molecule has 0 aromatic heterocycles. The molecule has 0 spiro atoms. The first kappa shape index (κ1) is 17.3. The van der Waals surface area contributed by atoms with E-state index in [0.717, 1.165) is 35.8 Å². The second kappa shape index (κ2) is 8.54. The van der Waals surface area contributed by atoms with E-state index in [2.05, 4.69) is 63.9 Å². The van der Waals surface area contributed by atoms with E-state index in [4.69, 9.17) is 9.47 Å². The molecule has 0 saturated heterocycles. The topological polar surface area (TPSA) is 18.5 Å². The number of hydrogen-bond donors (Lipinski definition) is 0. The Balaban J connectivity index is 1.85. The van der Waals surface area contributed by atoms with Crippen LogP contribution < -0.4 is 4.74 Å². The zero-order chi connectivity index (χ0) is 15.2. The molecule has 4 heteroatoms. The van der Waals surface area contributed by atoms with Crippen LogP contribution in [0, 0.1) is 5.92 Å². The average Bonchev–Trinajstić information content (AvgIpc) is 2.43. The monoisotopic (exact) mass is 418 g/mol. The molecule has 21 heavy (non-hydrogen) atoms. The van der Waals surface area contributed by atoms with Gasteiger partial charge in [0.1, 0.15) is 5.75 Å². The zero-order valence-corrected chi connectivity index (χ0v) is 16.0. The minimum atomic E-state index is 0.404. The normalized spacial score (nSPS) is 22.7. The van der Waals surface area contributed by atoms with Crippen LogP contribution in [0.5, 0.6) is 5.75 Å². The molecule has 1 fully saturated rings. The average molecular weight is 420 g/mol. The van der Waals surface area contributed by atoms with E-state index in [-0.39, 0.29) is 0 Å². The summed E-state index contributed by atoms with van der Waals surface area (Å²) in [6.45, 7) is 5.78. The van der Waals surface area contributed by atoms with Crippen LogP contribution in [0.1, 0.15) is 49.9 Å². The standard InChI is InChI=1S/C17H24Br2O2/c1-3-7-21-17-6-5-13(11-16(17)19)15(18)10-12-8-14(9-12)20-4-2/h5-6,11-12,14-15H,3-4,7-10H2,1-2H3. The molecule has 118 valence electrons. The summed E-state index contributed by atoms with van der Waals surface area (Å²) in [5.74, 6) is 1.71. The predicted molar refractivity (Wildman–Crippen MR) is 94.4 cm³/mol. The van der Waals surface area contributed by atoms with E-state index in [0.29, 0.717) is 10.9 Å². The first-order chi connectivity index (χ1) is 10.1. The lowest BCUT2D eigenvalue weighted by molar-refractivity contribution is -0.0264. The van der Waals surface area contributed by atoms with E-state index < -0.39 is 0 Å². The molecule has 1 aromatic carbocycles. The lowest BCUT2D eigenvalue weighted by atomic mass is 9.78. The number of ether oxygens (including phenoxy) is 2. The Morgan fingerprint density at radius 1 is 1.29 bits per heavy atom. The van der Waals surface area contributed by atoms with Crippen molar-refractivity contribution in [1.82, 2.24) is 0 Å². The van der Waals surface area contributed by atoms with Crippen LogP contribution >= 0.6 is 31.9 Å². The first-order valence-corrected chi connectivity index (χ1v) is 9.52. The van der Waals surface area contributed by atoms with Crippen molar-refractivity contribution in [2.45, 2.75) is 50.5 Å². The van der Waals surface area contributed by atoms with Crippen LogP contribution in [0.4, 0.5) is 0 Å². The Kier molecular flexibility index (Phi) is 7.03.